The maximum atomic E-state index is 3.72. The van der Waals surface area contributed by atoms with E-state index in [0.717, 1.165) is 25.0 Å². The van der Waals surface area contributed by atoms with Crippen LogP contribution in [-0.4, -0.2) is 30.1 Å². The van der Waals surface area contributed by atoms with Gasteiger partial charge in [0.05, 0.1) is 0 Å². The third-order valence-electron chi connectivity index (χ3n) is 4.26. The first-order valence-electron chi connectivity index (χ1n) is 6.73. The fraction of sp³-hybridized carbons (Fsp3) is 0.714. The summed E-state index contributed by atoms with van der Waals surface area (Å²) in [6, 6.07) is 1.43. The van der Waals surface area contributed by atoms with E-state index in [1.165, 1.54) is 30.5 Å². The molecular weight excluding hydrogens is 228 g/mol. The van der Waals surface area contributed by atoms with E-state index in [1.807, 2.05) is 11.3 Å². The van der Waals surface area contributed by atoms with Crippen LogP contribution in [0.3, 0.4) is 0 Å². The van der Waals surface area contributed by atoms with Crippen molar-refractivity contribution in [3.05, 3.63) is 21.9 Å². The molecule has 1 aliphatic heterocycles. The predicted molar refractivity (Wildman–Crippen MR) is 73.4 cm³/mol. The minimum atomic E-state index is 0.671. The highest BCUT2D eigenvalue weighted by atomic mass is 32.1. The summed E-state index contributed by atoms with van der Waals surface area (Å²) in [4.78, 5) is 2.66. The van der Waals surface area contributed by atoms with Gasteiger partial charge in [0.1, 0.15) is 0 Å². The van der Waals surface area contributed by atoms with Crippen LogP contribution in [0.5, 0.6) is 0 Å². The number of thiophene rings is 1. The van der Waals surface area contributed by atoms with Gasteiger partial charge in [0.2, 0.25) is 0 Å². The lowest BCUT2D eigenvalue weighted by molar-refractivity contribution is 0.125. The van der Waals surface area contributed by atoms with E-state index in [1.54, 1.807) is 0 Å². The number of nitrogens with zero attached hydrogens (tertiary/aromatic N) is 1. The lowest BCUT2D eigenvalue weighted by Crippen LogP contribution is -2.55. The van der Waals surface area contributed by atoms with Gasteiger partial charge in [-0.2, -0.15) is 11.3 Å². The van der Waals surface area contributed by atoms with Gasteiger partial charge in [-0.1, -0.05) is 0 Å². The molecule has 2 aliphatic rings. The quantitative estimate of drug-likeness (QED) is 0.887. The van der Waals surface area contributed by atoms with Gasteiger partial charge < -0.3 is 5.32 Å². The second kappa shape index (κ2) is 4.71. The average Bonchev–Trinajstić information content (AvgIpc) is 3.08. The maximum Gasteiger partial charge on any atom is 0.0248 e. The molecule has 3 heteroatoms. The fourth-order valence-corrected chi connectivity index (χ4v) is 3.60. The normalized spacial score (nSPS) is 30.7. The third kappa shape index (κ3) is 2.56. The van der Waals surface area contributed by atoms with E-state index < -0.39 is 0 Å². The van der Waals surface area contributed by atoms with Crippen molar-refractivity contribution in [2.75, 3.05) is 13.1 Å². The first kappa shape index (κ1) is 11.7. The predicted octanol–water partition coefficient (Wildman–Crippen LogP) is 2.63. The van der Waals surface area contributed by atoms with E-state index in [9.17, 15) is 0 Å². The van der Waals surface area contributed by atoms with Crippen molar-refractivity contribution in [3.8, 4) is 0 Å². The Hall–Kier alpha value is -0.380. The van der Waals surface area contributed by atoms with Crippen LogP contribution in [0, 0.1) is 12.8 Å². The van der Waals surface area contributed by atoms with Gasteiger partial charge in [-0.3, -0.25) is 4.90 Å². The number of nitrogens with one attached hydrogen (secondary N) is 1. The largest absolute Gasteiger partial charge is 0.311 e. The molecule has 0 spiro atoms. The Balaban J connectivity index is 1.65. The molecule has 2 heterocycles. The zero-order chi connectivity index (χ0) is 11.8. The Morgan fingerprint density at radius 2 is 2.24 bits per heavy atom. The summed E-state index contributed by atoms with van der Waals surface area (Å²) in [6.45, 7) is 8.11. The molecule has 3 rings (SSSR count). The summed E-state index contributed by atoms with van der Waals surface area (Å²) in [5, 5.41) is 8.30. The van der Waals surface area contributed by atoms with E-state index in [0.29, 0.717) is 6.04 Å². The Bertz CT molecular complexity index is 383. The second-order valence-corrected chi connectivity index (χ2v) is 6.45. The molecule has 1 aliphatic carbocycles. The Morgan fingerprint density at radius 1 is 1.41 bits per heavy atom. The molecule has 2 unspecified atom stereocenters. The van der Waals surface area contributed by atoms with E-state index in [2.05, 4.69) is 34.8 Å². The van der Waals surface area contributed by atoms with E-state index >= 15 is 0 Å². The molecule has 17 heavy (non-hydrogen) atoms. The van der Waals surface area contributed by atoms with Crippen LogP contribution in [0.15, 0.2) is 10.8 Å². The first-order chi connectivity index (χ1) is 8.24. The summed E-state index contributed by atoms with van der Waals surface area (Å²) >= 11 is 1.83. The highest BCUT2D eigenvalue weighted by Crippen LogP contribution is 2.34. The topological polar surface area (TPSA) is 15.3 Å². The van der Waals surface area contributed by atoms with Crippen molar-refractivity contribution in [1.82, 2.24) is 10.2 Å². The molecule has 0 amide bonds. The van der Waals surface area contributed by atoms with Gasteiger partial charge in [-0.15, -0.1) is 0 Å². The molecule has 94 valence electrons. The minimum Gasteiger partial charge on any atom is -0.311 e. The molecule has 2 fully saturated rings. The number of hydrogen-bond donors (Lipinski definition) is 1. The van der Waals surface area contributed by atoms with Gasteiger partial charge >= 0.3 is 0 Å². The first-order valence-corrected chi connectivity index (χ1v) is 7.67. The van der Waals surface area contributed by atoms with Gasteiger partial charge in [-0.25, -0.2) is 0 Å². The molecular formula is C14H22N2S. The SMILES string of the molecule is Cc1cscc1CN1CC(C2CC2)NCC1C. The van der Waals surface area contributed by atoms with Gasteiger partial charge in [0, 0.05) is 31.7 Å². The van der Waals surface area contributed by atoms with Crippen LogP contribution in [-0.2, 0) is 6.54 Å². The maximum absolute atomic E-state index is 3.72. The summed E-state index contributed by atoms with van der Waals surface area (Å²) in [5.41, 5.74) is 2.99. The van der Waals surface area contributed by atoms with Crippen LogP contribution >= 0.6 is 11.3 Å². The molecule has 1 saturated heterocycles. The summed E-state index contributed by atoms with van der Waals surface area (Å²) < 4.78 is 0. The Labute approximate surface area is 108 Å². The van der Waals surface area contributed by atoms with Crippen LogP contribution in [0.25, 0.3) is 0 Å². The highest BCUT2D eigenvalue weighted by Gasteiger charge is 2.35. The zero-order valence-corrected chi connectivity index (χ0v) is 11.6. The standard InChI is InChI=1S/C14H22N2S/c1-10-8-17-9-13(10)6-16-7-14(12-3-4-12)15-5-11(16)2/h8-9,11-12,14-15H,3-7H2,1-2H3. The highest BCUT2D eigenvalue weighted by molar-refractivity contribution is 7.08. The van der Waals surface area contributed by atoms with Crippen molar-refractivity contribution in [3.63, 3.8) is 0 Å². The summed E-state index contributed by atoms with van der Waals surface area (Å²) in [6.07, 6.45) is 2.88. The molecule has 2 atom stereocenters. The molecule has 1 aromatic heterocycles. The molecule has 0 radical (unpaired) electrons. The molecule has 1 N–H and O–H groups in total. The molecule has 1 saturated carbocycles. The Morgan fingerprint density at radius 3 is 2.88 bits per heavy atom. The van der Waals surface area contributed by atoms with Crippen LogP contribution < -0.4 is 5.32 Å². The number of rotatable bonds is 3. The Kier molecular flexibility index (Phi) is 3.24. The smallest absolute Gasteiger partial charge is 0.0248 e. The van der Waals surface area contributed by atoms with Crippen LogP contribution in [0.2, 0.25) is 0 Å². The lowest BCUT2D eigenvalue weighted by atomic mass is 10.0. The van der Waals surface area contributed by atoms with Crippen molar-refractivity contribution in [2.45, 2.75) is 45.3 Å². The minimum absolute atomic E-state index is 0.671. The molecule has 0 bridgehead atoms. The van der Waals surface area contributed by atoms with Crippen molar-refractivity contribution >= 4 is 11.3 Å². The van der Waals surface area contributed by atoms with Crippen LogP contribution in [0.4, 0.5) is 0 Å². The lowest BCUT2D eigenvalue weighted by Gasteiger charge is -2.39. The van der Waals surface area contributed by atoms with Crippen molar-refractivity contribution < 1.29 is 0 Å². The monoisotopic (exact) mass is 250 g/mol. The number of aryl methyl sites for hydroxylation is 1. The van der Waals surface area contributed by atoms with Crippen molar-refractivity contribution in [1.29, 1.82) is 0 Å². The fourth-order valence-electron chi connectivity index (χ4n) is 2.75. The van der Waals surface area contributed by atoms with Gasteiger partial charge in [0.15, 0.2) is 0 Å². The summed E-state index contributed by atoms with van der Waals surface area (Å²) in [7, 11) is 0. The number of piperazine rings is 1. The average molecular weight is 250 g/mol. The molecule has 2 nitrogen and oxygen atoms in total. The van der Waals surface area contributed by atoms with Crippen LogP contribution in [0.1, 0.15) is 30.9 Å². The molecule has 1 aromatic rings. The van der Waals surface area contributed by atoms with Gasteiger partial charge in [0.25, 0.3) is 0 Å². The van der Waals surface area contributed by atoms with Gasteiger partial charge in [-0.05, 0) is 54.5 Å². The summed E-state index contributed by atoms with van der Waals surface area (Å²) in [5.74, 6) is 0.966. The van der Waals surface area contributed by atoms with E-state index in [4.69, 9.17) is 0 Å². The molecule has 0 aromatic carbocycles. The number of hydrogen-bond acceptors (Lipinski definition) is 3. The zero-order valence-electron chi connectivity index (χ0n) is 10.8. The second-order valence-electron chi connectivity index (χ2n) is 5.71. The van der Waals surface area contributed by atoms with E-state index in [-0.39, 0.29) is 0 Å². The van der Waals surface area contributed by atoms with Crippen molar-refractivity contribution in [2.24, 2.45) is 5.92 Å². The third-order valence-corrected chi connectivity index (χ3v) is 5.17.